The first-order valence-corrected chi connectivity index (χ1v) is 7.77. The number of nitrogens with one attached hydrogen (secondary N) is 1. The van der Waals surface area contributed by atoms with Crippen LogP contribution in [0.5, 0.6) is 5.75 Å². The first-order valence-electron chi connectivity index (χ1n) is 6.27. The number of rotatable bonds is 5. The van der Waals surface area contributed by atoms with Crippen LogP contribution < -0.4 is 10.1 Å². The molecule has 0 aromatic heterocycles. The molecule has 0 atom stereocenters. The van der Waals surface area contributed by atoms with Gasteiger partial charge in [0.25, 0.3) is 0 Å². The normalized spacial score (nSPS) is 14.4. The molecule has 1 N–H and O–H groups in total. The van der Waals surface area contributed by atoms with E-state index in [1.807, 2.05) is 12.1 Å². The number of benzene rings is 1. The lowest BCUT2D eigenvalue weighted by Crippen LogP contribution is -2.39. The average molecular weight is 333 g/mol. The molecule has 2 nitrogen and oxygen atoms in total. The van der Waals surface area contributed by atoms with Gasteiger partial charge in [0.15, 0.2) is 0 Å². The smallest absolute Gasteiger partial charge is 0.127 e. The zero-order valence-corrected chi connectivity index (χ0v) is 13.2. The molecule has 0 bridgehead atoms. The van der Waals surface area contributed by atoms with Gasteiger partial charge in [-0.15, -0.1) is 0 Å². The van der Waals surface area contributed by atoms with Crippen molar-refractivity contribution in [1.82, 2.24) is 5.32 Å². The Kier molecular flexibility index (Phi) is 4.57. The van der Waals surface area contributed by atoms with Crippen LogP contribution >= 0.6 is 27.5 Å². The van der Waals surface area contributed by atoms with Crippen LogP contribution in [0, 0.1) is 0 Å². The topological polar surface area (TPSA) is 21.3 Å². The molecular weight excluding hydrogens is 314 g/mol. The lowest BCUT2D eigenvalue weighted by atomic mass is 10.0. The quantitative estimate of drug-likeness (QED) is 0.825. The van der Waals surface area contributed by atoms with E-state index in [4.69, 9.17) is 16.3 Å². The molecular formula is C14H19BrClNO. The fourth-order valence-electron chi connectivity index (χ4n) is 2.14. The maximum Gasteiger partial charge on any atom is 0.127 e. The zero-order valence-electron chi connectivity index (χ0n) is 10.9. The highest BCUT2D eigenvalue weighted by Crippen LogP contribution is 2.33. The van der Waals surface area contributed by atoms with E-state index < -0.39 is 0 Å². The molecule has 2 rings (SSSR count). The summed E-state index contributed by atoms with van der Waals surface area (Å²) in [7, 11) is 0. The maximum absolute atomic E-state index is 6.15. The highest BCUT2D eigenvalue weighted by molar-refractivity contribution is 9.09. The Bertz CT molecular complexity index is 434. The third-order valence-electron chi connectivity index (χ3n) is 3.30. The lowest BCUT2D eigenvalue weighted by Gasteiger charge is -2.26. The first-order chi connectivity index (χ1) is 8.52. The molecule has 100 valence electrons. The second-order valence-electron chi connectivity index (χ2n) is 5.33. The number of ether oxygens (including phenoxy) is 1. The first kappa shape index (κ1) is 14.2. The summed E-state index contributed by atoms with van der Waals surface area (Å²) in [5, 5.41) is 5.36. The van der Waals surface area contributed by atoms with Gasteiger partial charge in [0.2, 0.25) is 0 Å². The molecule has 1 aromatic carbocycles. The Labute approximate surface area is 122 Å². The van der Waals surface area contributed by atoms with Crippen molar-refractivity contribution in [3.8, 4) is 5.75 Å². The Balaban J connectivity index is 2.10. The van der Waals surface area contributed by atoms with Gasteiger partial charge in [-0.3, -0.25) is 0 Å². The van der Waals surface area contributed by atoms with E-state index in [2.05, 4.69) is 35.1 Å². The predicted octanol–water partition coefficient (Wildman–Crippen LogP) is 3.93. The summed E-state index contributed by atoms with van der Waals surface area (Å²) < 4.78 is 5.70. The summed E-state index contributed by atoms with van der Waals surface area (Å²) in [5.74, 6) is 1.03. The molecule has 0 saturated carbocycles. The molecule has 0 unspecified atom stereocenters. The van der Waals surface area contributed by atoms with Crippen molar-refractivity contribution >= 4 is 27.5 Å². The molecule has 0 fully saturated rings. The van der Waals surface area contributed by atoms with Gasteiger partial charge in [-0.2, -0.15) is 0 Å². The van der Waals surface area contributed by atoms with Gasteiger partial charge >= 0.3 is 0 Å². The van der Waals surface area contributed by atoms with E-state index in [1.165, 1.54) is 5.56 Å². The Hall–Kier alpha value is -0.250. The summed E-state index contributed by atoms with van der Waals surface area (Å²) in [6, 6.07) is 4.01. The van der Waals surface area contributed by atoms with Crippen molar-refractivity contribution in [2.75, 3.05) is 11.9 Å². The van der Waals surface area contributed by atoms with Gasteiger partial charge < -0.3 is 10.1 Å². The Morgan fingerprint density at radius 1 is 1.44 bits per heavy atom. The van der Waals surface area contributed by atoms with Crippen LogP contribution in [0.4, 0.5) is 0 Å². The van der Waals surface area contributed by atoms with Crippen LogP contribution in [0.2, 0.25) is 5.02 Å². The van der Waals surface area contributed by atoms with Gasteiger partial charge in [-0.1, -0.05) is 27.5 Å². The van der Waals surface area contributed by atoms with E-state index in [0.29, 0.717) is 0 Å². The summed E-state index contributed by atoms with van der Waals surface area (Å²) in [4.78, 5) is 0. The predicted molar refractivity (Wildman–Crippen MR) is 80.0 cm³/mol. The number of halogens is 2. The number of hydrogen-bond donors (Lipinski definition) is 1. The van der Waals surface area contributed by atoms with Crippen molar-refractivity contribution in [1.29, 1.82) is 0 Å². The highest BCUT2D eigenvalue weighted by atomic mass is 79.9. The van der Waals surface area contributed by atoms with E-state index in [1.54, 1.807) is 0 Å². The Morgan fingerprint density at radius 2 is 2.22 bits per heavy atom. The number of fused-ring (bicyclic) bond motifs is 1. The van der Waals surface area contributed by atoms with Crippen molar-refractivity contribution in [2.45, 2.75) is 38.8 Å². The van der Waals surface area contributed by atoms with Crippen molar-refractivity contribution < 1.29 is 4.74 Å². The van der Waals surface area contributed by atoms with Crippen LogP contribution in [-0.4, -0.2) is 17.5 Å². The second-order valence-corrected chi connectivity index (χ2v) is 6.56. The SMILES string of the molecule is CC(C)(CCBr)NCc1cc(Cl)cc2c1OCC2. The van der Waals surface area contributed by atoms with Gasteiger partial charge in [0.1, 0.15) is 5.75 Å². The molecule has 0 saturated heterocycles. The zero-order chi connectivity index (χ0) is 13.2. The summed E-state index contributed by atoms with van der Waals surface area (Å²) in [6.45, 7) is 5.98. The molecule has 1 aliphatic heterocycles. The minimum Gasteiger partial charge on any atom is -0.493 e. The molecule has 1 aromatic rings. The molecule has 18 heavy (non-hydrogen) atoms. The minimum absolute atomic E-state index is 0.108. The van der Waals surface area contributed by atoms with Crippen LogP contribution in [-0.2, 0) is 13.0 Å². The molecule has 0 amide bonds. The average Bonchev–Trinajstić information content (AvgIpc) is 2.73. The van der Waals surface area contributed by atoms with E-state index >= 15 is 0 Å². The molecule has 0 radical (unpaired) electrons. The minimum atomic E-state index is 0.108. The van der Waals surface area contributed by atoms with Gasteiger partial charge in [-0.25, -0.2) is 0 Å². The number of hydrogen-bond acceptors (Lipinski definition) is 2. The molecule has 0 aliphatic carbocycles. The van der Waals surface area contributed by atoms with E-state index in [9.17, 15) is 0 Å². The van der Waals surface area contributed by atoms with Crippen molar-refractivity contribution in [3.05, 3.63) is 28.3 Å². The molecule has 0 spiro atoms. The Morgan fingerprint density at radius 3 is 2.94 bits per heavy atom. The van der Waals surface area contributed by atoms with Crippen molar-refractivity contribution in [3.63, 3.8) is 0 Å². The van der Waals surface area contributed by atoms with Crippen LogP contribution in [0.1, 0.15) is 31.4 Å². The van der Waals surface area contributed by atoms with Crippen LogP contribution in [0.3, 0.4) is 0 Å². The largest absolute Gasteiger partial charge is 0.493 e. The van der Waals surface area contributed by atoms with Gasteiger partial charge in [-0.05, 0) is 38.0 Å². The van der Waals surface area contributed by atoms with E-state index in [0.717, 1.165) is 47.7 Å². The highest BCUT2D eigenvalue weighted by Gasteiger charge is 2.20. The van der Waals surface area contributed by atoms with Gasteiger partial charge in [0, 0.05) is 34.4 Å². The molecule has 4 heteroatoms. The van der Waals surface area contributed by atoms with Crippen molar-refractivity contribution in [2.24, 2.45) is 0 Å². The molecule has 1 aliphatic rings. The fourth-order valence-corrected chi connectivity index (χ4v) is 3.39. The van der Waals surface area contributed by atoms with Crippen LogP contribution in [0.25, 0.3) is 0 Å². The maximum atomic E-state index is 6.15. The fraction of sp³-hybridized carbons (Fsp3) is 0.571. The standard InChI is InChI=1S/C14H19BrClNO/c1-14(2,4-5-15)17-9-11-8-12(16)7-10-3-6-18-13(10)11/h7-8,17H,3-6,9H2,1-2H3. The van der Waals surface area contributed by atoms with Crippen LogP contribution in [0.15, 0.2) is 12.1 Å². The second kappa shape index (κ2) is 5.81. The lowest BCUT2D eigenvalue weighted by molar-refractivity contribution is 0.343. The number of alkyl halides is 1. The molecule has 1 heterocycles. The van der Waals surface area contributed by atoms with E-state index in [-0.39, 0.29) is 5.54 Å². The summed E-state index contributed by atoms with van der Waals surface area (Å²) >= 11 is 9.64. The summed E-state index contributed by atoms with van der Waals surface area (Å²) in [6.07, 6.45) is 2.05. The summed E-state index contributed by atoms with van der Waals surface area (Å²) in [5.41, 5.74) is 2.51. The monoisotopic (exact) mass is 331 g/mol. The van der Waals surface area contributed by atoms with Gasteiger partial charge in [0.05, 0.1) is 6.61 Å². The third kappa shape index (κ3) is 3.40. The third-order valence-corrected chi connectivity index (χ3v) is 3.92.